The Morgan fingerprint density at radius 3 is 2.58 bits per heavy atom. The highest BCUT2D eigenvalue weighted by atomic mass is 16.6. The molecule has 0 aliphatic carbocycles. The molecule has 1 aromatic carbocycles. The Morgan fingerprint density at radius 2 is 2.11 bits per heavy atom. The number of benzene rings is 1. The van der Waals surface area contributed by atoms with Crippen molar-refractivity contribution >= 4 is 5.69 Å². The highest BCUT2D eigenvalue weighted by molar-refractivity contribution is 5.50. The van der Waals surface area contributed by atoms with Crippen LogP contribution in [0.3, 0.4) is 0 Å². The summed E-state index contributed by atoms with van der Waals surface area (Å²) in [6.07, 6.45) is 1.50. The molecule has 0 bridgehead atoms. The molecule has 0 aromatic heterocycles. The zero-order valence-electron chi connectivity index (χ0n) is 11.0. The van der Waals surface area contributed by atoms with Crippen LogP contribution in [0, 0.1) is 21.4 Å². The van der Waals surface area contributed by atoms with E-state index in [0.29, 0.717) is 5.75 Å². The van der Waals surface area contributed by atoms with Crippen LogP contribution < -0.4 is 10.5 Å². The molecular weight excluding hydrogens is 246 g/mol. The van der Waals surface area contributed by atoms with Crippen LogP contribution in [0.25, 0.3) is 0 Å². The number of hydrogen-bond donors (Lipinski definition) is 1. The van der Waals surface area contributed by atoms with E-state index in [1.165, 1.54) is 18.2 Å². The summed E-state index contributed by atoms with van der Waals surface area (Å²) >= 11 is 0. The molecule has 19 heavy (non-hydrogen) atoms. The number of nitrogens with two attached hydrogens (primary N) is 1. The van der Waals surface area contributed by atoms with E-state index in [4.69, 9.17) is 15.7 Å². The first-order valence-corrected chi connectivity index (χ1v) is 6.06. The Labute approximate surface area is 111 Å². The normalized spacial score (nSPS) is 10.8. The van der Waals surface area contributed by atoms with Crippen LogP contribution in [0.1, 0.15) is 32.3 Å². The summed E-state index contributed by atoms with van der Waals surface area (Å²) in [7, 11) is 0. The minimum atomic E-state index is -0.546. The Kier molecular flexibility index (Phi) is 4.84. The zero-order chi connectivity index (χ0) is 14.5. The standard InChI is InChI=1S/C13H17N3O3/c1-3-13(15,4-2)9-19-12-6-5-11(16(17)18)7-10(12)8-14/h5-7H,3-4,9,15H2,1-2H3. The summed E-state index contributed by atoms with van der Waals surface area (Å²) in [5.74, 6) is 0.324. The van der Waals surface area contributed by atoms with Gasteiger partial charge in [0.05, 0.1) is 4.92 Å². The first kappa shape index (κ1) is 14.9. The number of non-ortho nitro benzene ring substituents is 1. The van der Waals surface area contributed by atoms with E-state index in [-0.39, 0.29) is 17.9 Å². The summed E-state index contributed by atoms with van der Waals surface area (Å²) in [6, 6.07) is 5.84. The van der Waals surface area contributed by atoms with Crippen molar-refractivity contribution in [1.82, 2.24) is 0 Å². The van der Waals surface area contributed by atoms with Crippen LogP contribution in [0.15, 0.2) is 18.2 Å². The molecule has 0 saturated heterocycles. The fourth-order valence-corrected chi connectivity index (χ4v) is 1.52. The Bertz CT molecular complexity index is 504. The quantitative estimate of drug-likeness (QED) is 0.627. The van der Waals surface area contributed by atoms with Gasteiger partial charge in [-0.1, -0.05) is 13.8 Å². The molecule has 0 aliphatic rings. The first-order valence-electron chi connectivity index (χ1n) is 6.06. The number of nitro benzene ring substituents is 1. The van der Waals surface area contributed by atoms with Gasteiger partial charge in [0, 0.05) is 17.7 Å². The van der Waals surface area contributed by atoms with Crippen molar-refractivity contribution in [2.24, 2.45) is 5.73 Å². The lowest BCUT2D eigenvalue weighted by molar-refractivity contribution is -0.384. The second kappa shape index (κ2) is 6.16. The third kappa shape index (κ3) is 3.66. The topological polar surface area (TPSA) is 102 Å². The third-order valence-corrected chi connectivity index (χ3v) is 3.22. The molecule has 0 radical (unpaired) electrons. The fourth-order valence-electron chi connectivity index (χ4n) is 1.52. The molecule has 0 atom stereocenters. The molecule has 6 heteroatoms. The van der Waals surface area contributed by atoms with Crippen LogP contribution in [-0.2, 0) is 0 Å². The SMILES string of the molecule is CCC(N)(CC)COc1ccc([N+](=O)[O-])cc1C#N. The maximum absolute atomic E-state index is 10.6. The van der Waals surface area contributed by atoms with Crippen molar-refractivity contribution in [2.45, 2.75) is 32.2 Å². The van der Waals surface area contributed by atoms with Crippen molar-refractivity contribution in [3.8, 4) is 11.8 Å². The minimum Gasteiger partial charge on any atom is -0.490 e. The molecule has 102 valence electrons. The van der Waals surface area contributed by atoms with Gasteiger partial charge in [0.2, 0.25) is 0 Å². The van der Waals surface area contributed by atoms with Crippen LogP contribution in [0.5, 0.6) is 5.75 Å². The molecule has 0 aliphatic heterocycles. The molecular formula is C13H17N3O3. The molecule has 0 spiro atoms. The van der Waals surface area contributed by atoms with Gasteiger partial charge in [-0.3, -0.25) is 10.1 Å². The number of nitriles is 1. The Hall–Kier alpha value is -2.13. The summed E-state index contributed by atoms with van der Waals surface area (Å²) in [6.45, 7) is 4.20. The van der Waals surface area contributed by atoms with E-state index in [9.17, 15) is 10.1 Å². The minimum absolute atomic E-state index is 0.131. The maximum atomic E-state index is 10.6. The monoisotopic (exact) mass is 263 g/mol. The molecule has 0 saturated carbocycles. The summed E-state index contributed by atoms with van der Waals surface area (Å²) in [5.41, 5.74) is 5.66. The highest BCUT2D eigenvalue weighted by Crippen LogP contribution is 2.24. The van der Waals surface area contributed by atoms with Gasteiger partial charge in [-0.15, -0.1) is 0 Å². The van der Waals surface area contributed by atoms with E-state index < -0.39 is 10.5 Å². The summed E-state index contributed by atoms with van der Waals surface area (Å²) < 4.78 is 5.54. The van der Waals surface area contributed by atoms with Crippen molar-refractivity contribution in [2.75, 3.05) is 6.61 Å². The molecule has 0 unspecified atom stereocenters. The maximum Gasteiger partial charge on any atom is 0.271 e. The number of rotatable bonds is 6. The molecule has 0 fully saturated rings. The lowest BCUT2D eigenvalue weighted by Crippen LogP contribution is -2.44. The van der Waals surface area contributed by atoms with E-state index >= 15 is 0 Å². The van der Waals surface area contributed by atoms with Crippen molar-refractivity contribution in [3.63, 3.8) is 0 Å². The average molecular weight is 263 g/mol. The van der Waals surface area contributed by atoms with E-state index in [1.54, 1.807) is 0 Å². The van der Waals surface area contributed by atoms with E-state index in [0.717, 1.165) is 12.8 Å². The summed E-state index contributed by atoms with van der Waals surface area (Å²) in [5, 5.41) is 19.6. The molecule has 1 aromatic rings. The van der Waals surface area contributed by atoms with Crippen LogP contribution >= 0.6 is 0 Å². The van der Waals surface area contributed by atoms with Crippen molar-refractivity contribution < 1.29 is 9.66 Å². The largest absolute Gasteiger partial charge is 0.490 e. The lowest BCUT2D eigenvalue weighted by Gasteiger charge is -2.26. The molecule has 1 rings (SSSR count). The van der Waals surface area contributed by atoms with Gasteiger partial charge in [0.15, 0.2) is 0 Å². The average Bonchev–Trinajstić information content (AvgIpc) is 2.44. The number of hydrogen-bond acceptors (Lipinski definition) is 5. The van der Waals surface area contributed by atoms with Crippen molar-refractivity contribution in [3.05, 3.63) is 33.9 Å². The van der Waals surface area contributed by atoms with Gasteiger partial charge >= 0.3 is 0 Å². The Balaban J connectivity index is 2.91. The van der Waals surface area contributed by atoms with Gasteiger partial charge in [-0.2, -0.15) is 5.26 Å². The van der Waals surface area contributed by atoms with Crippen LogP contribution in [-0.4, -0.2) is 17.1 Å². The third-order valence-electron chi connectivity index (χ3n) is 3.22. The predicted molar refractivity (Wildman–Crippen MR) is 70.8 cm³/mol. The van der Waals surface area contributed by atoms with Gasteiger partial charge in [0.1, 0.15) is 24.0 Å². The van der Waals surface area contributed by atoms with Gasteiger partial charge in [0.25, 0.3) is 5.69 Å². The first-order chi connectivity index (χ1) is 8.95. The molecule has 6 nitrogen and oxygen atoms in total. The predicted octanol–water partition coefficient (Wildman–Crippen LogP) is 2.36. The second-order valence-corrected chi connectivity index (χ2v) is 4.41. The number of ether oxygens (including phenoxy) is 1. The van der Waals surface area contributed by atoms with E-state index in [2.05, 4.69) is 0 Å². The van der Waals surface area contributed by atoms with Gasteiger partial charge in [-0.05, 0) is 18.9 Å². The smallest absolute Gasteiger partial charge is 0.271 e. The molecule has 2 N–H and O–H groups in total. The molecule has 0 heterocycles. The van der Waals surface area contributed by atoms with Crippen molar-refractivity contribution in [1.29, 1.82) is 5.26 Å². The highest BCUT2D eigenvalue weighted by Gasteiger charge is 2.22. The van der Waals surface area contributed by atoms with Crippen LogP contribution in [0.2, 0.25) is 0 Å². The van der Waals surface area contributed by atoms with Gasteiger partial charge in [-0.25, -0.2) is 0 Å². The van der Waals surface area contributed by atoms with Gasteiger partial charge < -0.3 is 10.5 Å². The second-order valence-electron chi connectivity index (χ2n) is 4.41. The zero-order valence-corrected chi connectivity index (χ0v) is 11.0. The number of nitro groups is 1. The fraction of sp³-hybridized carbons (Fsp3) is 0.462. The summed E-state index contributed by atoms with van der Waals surface area (Å²) in [4.78, 5) is 10.1. The van der Waals surface area contributed by atoms with E-state index in [1.807, 2.05) is 19.9 Å². The Morgan fingerprint density at radius 1 is 1.47 bits per heavy atom. The molecule has 0 amide bonds. The lowest BCUT2D eigenvalue weighted by atomic mass is 9.95. The van der Waals surface area contributed by atoms with Crippen LogP contribution in [0.4, 0.5) is 5.69 Å². The number of nitrogens with zero attached hydrogens (tertiary/aromatic N) is 2.